The molecule has 0 saturated heterocycles. The third-order valence-corrected chi connectivity index (χ3v) is 3.98. The molecular weight excluding hydrogens is 288 g/mol. The summed E-state index contributed by atoms with van der Waals surface area (Å²) in [5, 5.41) is 5.29. The molecule has 4 aromatic rings. The molecule has 0 aliphatic carbocycles. The van der Waals surface area contributed by atoms with Gasteiger partial charge in [-0.2, -0.15) is 0 Å². The van der Waals surface area contributed by atoms with Crippen molar-refractivity contribution in [3.63, 3.8) is 0 Å². The summed E-state index contributed by atoms with van der Waals surface area (Å²) in [6.45, 7) is 0. The lowest BCUT2D eigenvalue weighted by molar-refractivity contribution is 0.668. The number of rotatable bonds is 3. The number of para-hydroxylation sites is 2. The van der Waals surface area contributed by atoms with E-state index in [4.69, 9.17) is 4.42 Å². The highest BCUT2D eigenvalue weighted by Gasteiger charge is 2.17. The number of aromatic nitrogens is 2. The van der Waals surface area contributed by atoms with Gasteiger partial charge in [0.2, 0.25) is 0 Å². The summed E-state index contributed by atoms with van der Waals surface area (Å²) in [7, 11) is 3.80. The van der Waals surface area contributed by atoms with E-state index in [0.717, 1.165) is 39.3 Å². The first-order valence-corrected chi connectivity index (χ1v) is 7.42. The fraction of sp³-hybridized carbons (Fsp3) is 0.111. The van der Waals surface area contributed by atoms with E-state index in [1.54, 1.807) is 12.4 Å². The van der Waals surface area contributed by atoms with Gasteiger partial charge in [0.25, 0.3) is 0 Å². The zero-order chi connectivity index (χ0) is 15.8. The number of nitrogens with zero attached hydrogens (tertiary/aromatic N) is 3. The van der Waals surface area contributed by atoms with Gasteiger partial charge in [-0.1, -0.05) is 30.3 Å². The van der Waals surface area contributed by atoms with Crippen LogP contribution in [0.25, 0.3) is 21.9 Å². The molecule has 0 aliphatic rings. The van der Waals surface area contributed by atoms with Crippen LogP contribution in [0.1, 0.15) is 0 Å². The molecular formula is C18H16N4O. The van der Waals surface area contributed by atoms with E-state index < -0.39 is 0 Å². The van der Waals surface area contributed by atoms with Crippen LogP contribution < -0.4 is 10.2 Å². The van der Waals surface area contributed by atoms with Crippen LogP contribution in [0.2, 0.25) is 0 Å². The fourth-order valence-electron chi connectivity index (χ4n) is 2.86. The Morgan fingerprint density at radius 1 is 0.957 bits per heavy atom. The standard InChI is InChI=1S/C18H16N4O/c1-19-17-18(21-11-10-20-17)22(2)14-8-5-7-13-12-6-3-4-9-15(12)23-16(13)14/h3-11H,1-2H3,(H,19,20). The first-order valence-electron chi connectivity index (χ1n) is 7.42. The number of fused-ring (bicyclic) bond motifs is 3. The molecule has 0 fully saturated rings. The van der Waals surface area contributed by atoms with Crippen molar-refractivity contribution in [1.29, 1.82) is 0 Å². The number of anilines is 3. The summed E-state index contributed by atoms with van der Waals surface area (Å²) in [6, 6.07) is 14.2. The van der Waals surface area contributed by atoms with Gasteiger partial charge in [0.1, 0.15) is 5.58 Å². The zero-order valence-electron chi connectivity index (χ0n) is 12.9. The van der Waals surface area contributed by atoms with E-state index in [1.807, 2.05) is 49.3 Å². The quantitative estimate of drug-likeness (QED) is 0.615. The van der Waals surface area contributed by atoms with Crippen molar-refractivity contribution in [2.75, 3.05) is 24.3 Å². The third kappa shape index (κ3) is 2.09. The summed E-state index contributed by atoms with van der Waals surface area (Å²) in [5.41, 5.74) is 2.69. The molecule has 0 saturated carbocycles. The molecule has 23 heavy (non-hydrogen) atoms. The fourth-order valence-corrected chi connectivity index (χ4v) is 2.86. The highest BCUT2D eigenvalue weighted by atomic mass is 16.3. The average Bonchev–Trinajstić information content (AvgIpc) is 3.00. The van der Waals surface area contributed by atoms with E-state index in [1.165, 1.54) is 0 Å². The van der Waals surface area contributed by atoms with Crippen molar-refractivity contribution in [2.24, 2.45) is 0 Å². The predicted molar refractivity (Wildman–Crippen MR) is 93.4 cm³/mol. The molecule has 0 amide bonds. The van der Waals surface area contributed by atoms with Crippen LogP contribution in [0.4, 0.5) is 17.3 Å². The highest BCUT2D eigenvalue weighted by molar-refractivity contribution is 6.09. The first kappa shape index (κ1) is 13.6. The second-order valence-corrected chi connectivity index (χ2v) is 5.29. The Balaban J connectivity index is 1.95. The number of benzene rings is 2. The van der Waals surface area contributed by atoms with Crippen molar-refractivity contribution in [2.45, 2.75) is 0 Å². The maximum atomic E-state index is 6.09. The number of hydrogen-bond donors (Lipinski definition) is 1. The number of furan rings is 1. The summed E-state index contributed by atoms with van der Waals surface area (Å²) in [4.78, 5) is 10.8. The Morgan fingerprint density at radius 2 is 1.74 bits per heavy atom. The lowest BCUT2D eigenvalue weighted by Gasteiger charge is -2.20. The molecule has 2 aromatic carbocycles. The number of nitrogens with one attached hydrogen (secondary N) is 1. The van der Waals surface area contributed by atoms with E-state index in [0.29, 0.717) is 0 Å². The van der Waals surface area contributed by atoms with Gasteiger partial charge in [-0.25, -0.2) is 9.97 Å². The molecule has 0 bridgehead atoms. The maximum absolute atomic E-state index is 6.09. The molecule has 2 aromatic heterocycles. The Morgan fingerprint density at radius 3 is 2.61 bits per heavy atom. The lowest BCUT2D eigenvalue weighted by Crippen LogP contribution is -2.14. The summed E-state index contributed by atoms with van der Waals surface area (Å²) in [5.74, 6) is 1.48. The predicted octanol–water partition coefficient (Wildman–Crippen LogP) is 4.19. The van der Waals surface area contributed by atoms with Crippen LogP contribution in [-0.4, -0.2) is 24.1 Å². The second-order valence-electron chi connectivity index (χ2n) is 5.29. The molecule has 114 valence electrons. The molecule has 0 atom stereocenters. The molecule has 4 rings (SSSR count). The first-order chi connectivity index (χ1) is 11.3. The van der Waals surface area contributed by atoms with Gasteiger partial charge in [0.05, 0.1) is 5.69 Å². The van der Waals surface area contributed by atoms with Crippen LogP contribution in [0, 0.1) is 0 Å². The molecule has 5 heteroatoms. The largest absolute Gasteiger partial charge is 0.454 e. The summed E-state index contributed by atoms with van der Waals surface area (Å²) < 4.78 is 6.09. The van der Waals surface area contributed by atoms with Gasteiger partial charge in [0.15, 0.2) is 17.2 Å². The zero-order valence-corrected chi connectivity index (χ0v) is 12.9. The molecule has 0 radical (unpaired) electrons. The molecule has 0 aliphatic heterocycles. The van der Waals surface area contributed by atoms with Crippen LogP contribution in [0.3, 0.4) is 0 Å². The van der Waals surface area contributed by atoms with E-state index >= 15 is 0 Å². The Bertz CT molecular complexity index is 993. The minimum Gasteiger partial charge on any atom is -0.454 e. The van der Waals surface area contributed by atoms with Gasteiger partial charge < -0.3 is 14.6 Å². The van der Waals surface area contributed by atoms with Crippen LogP contribution >= 0.6 is 0 Å². The normalized spacial score (nSPS) is 11.0. The Hall–Kier alpha value is -3.08. The van der Waals surface area contributed by atoms with Gasteiger partial charge in [0, 0.05) is 37.3 Å². The minimum atomic E-state index is 0.725. The molecule has 0 unspecified atom stereocenters. The smallest absolute Gasteiger partial charge is 0.176 e. The topological polar surface area (TPSA) is 54.2 Å². The second kappa shape index (κ2) is 5.28. The molecule has 1 N–H and O–H groups in total. The lowest BCUT2D eigenvalue weighted by atomic mass is 10.1. The van der Waals surface area contributed by atoms with Crippen LogP contribution in [0.5, 0.6) is 0 Å². The maximum Gasteiger partial charge on any atom is 0.176 e. The Kier molecular flexibility index (Phi) is 3.12. The van der Waals surface area contributed by atoms with Crippen LogP contribution in [-0.2, 0) is 0 Å². The van der Waals surface area contributed by atoms with Crippen molar-refractivity contribution in [3.8, 4) is 0 Å². The van der Waals surface area contributed by atoms with Crippen LogP contribution in [0.15, 0.2) is 59.3 Å². The Labute approximate surface area is 133 Å². The van der Waals surface area contributed by atoms with Crippen molar-refractivity contribution in [1.82, 2.24) is 9.97 Å². The van der Waals surface area contributed by atoms with E-state index in [9.17, 15) is 0 Å². The SMILES string of the molecule is CNc1nccnc1N(C)c1cccc2c1oc1ccccc12. The molecule has 5 nitrogen and oxygen atoms in total. The summed E-state index contributed by atoms with van der Waals surface area (Å²) >= 11 is 0. The minimum absolute atomic E-state index is 0.725. The van der Waals surface area contributed by atoms with Gasteiger partial charge >= 0.3 is 0 Å². The van der Waals surface area contributed by atoms with E-state index in [2.05, 4.69) is 27.4 Å². The van der Waals surface area contributed by atoms with Gasteiger partial charge in [-0.15, -0.1) is 0 Å². The van der Waals surface area contributed by atoms with Gasteiger partial charge in [-0.05, 0) is 12.1 Å². The molecule has 0 spiro atoms. The summed E-state index contributed by atoms with van der Waals surface area (Å²) in [6.07, 6.45) is 3.36. The van der Waals surface area contributed by atoms with Crippen molar-refractivity contribution in [3.05, 3.63) is 54.9 Å². The van der Waals surface area contributed by atoms with E-state index in [-0.39, 0.29) is 0 Å². The molecule has 2 heterocycles. The average molecular weight is 304 g/mol. The van der Waals surface area contributed by atoms with Gasteiger partial charge in [-0.3, -0.25) is 0 Å². The van der Waals surface area contributed by atoms with Crippen molar-refractivity contribution < 1.29 is 4.42 Å². The highest BCUT2D eigenvalue weighted by Crippen LogP contribution is 2.37. The van der Waals surface area contributed by atoms with Crippen molar-refractivity contribution >= 4 is 39.3 Å². The number of hydrogen-bond acceptors (Lipinski definition) is 5. The monoisotopic (exact) mass is 304 g/mol. The third-order valence-electron chi connectivity index (χ3n) is 3.98.